The third-order valence-electron chi connectivity index (χ3n) is 3.19. The molecule has 3 rings (SSSR count). The van der Waals surface area contributed by atoms with Gasteiger partial charge in [0, 0.05) is 17.8 Å². The van der Waals surface area contributed by atoms with Crippen molar-refractivity contribution in [2.75, 3.05) is 11.9 Å². The predicted octanol–water partition coefficient (Wildman–Crippen LogP) is 1.44. The van der Waals surface area contributed by atoms with Crippen LogP contribution in [0.15, 0.2) is 24.3 Å². The van der Waals surface area contributed by atoms with E-state index in [0.29, 0.717) is 11.7 Å². The Kier molecular flexibility index (Phi) is 2.19. The first-order valence-electron chi connectivity index (χ1n) is 5.44. The van der Waals surface area contributed by atoms with E-state index in [4.69, 9.17) is 18.0 Å². The molecule has 0 bridgehead atoms. The van der Waals surface area contributed by atoms with Gasteiger partial charge in [0.05, 0.1) is 6.04 Å². The predicted molar refractivity (Wildman–Crippen MR) is 68.1 cm³/mol. The van der Waals surface area contributed by atoms with Gasteiger partial charge < -0.3 is 11.1 Å². The number of anilines is 1. The van der Waals surface area contributed by atoms with Crippen molar-refractivity contribution in [1.82, 2.24) is 10.0 Å². The lowest BCUT2D eigenvalue weighted by atomic mass is 10.0. The number of hydrazine groups is 1. The molecule has 3 N–H and O–H groups in total. The fourth-order valence-electron chi connectivity index (χ4n) is 2.47. The molecule has 6 heteroatoms. The number of thiocarbonyl (C=S) groups is 1. The average molecular weight is 248 g/mol. The number of para-hydroxylation sites is 1. The summed E-state index contributed by atoms with van der Waals surface area (Å²) in [5.41, 5.74) is 7.52. The summed E-state index contributed by atoms with van der Waals surface area (Å²) in [6.07, 6.45) is 0.849. The van der Waals surface area contributed by atoms with Crippen LogP contribution in [0.2, 0.25) is 0 Å². The minimum Gasteiger partial charge on any atom is -0.350 e. The summed E-state index contributed by atoms with van der Waals surface area (Å²) < 4.78 is 0. The zero-order valence-corrected chi connectivity index (χ0v) is 9.91. The molecule has 17 heavy (non-hydrogen) atoms. The van der Waals surface area contributed by atoms with Crippen LogP contribution in [0, 0.1) is 0 Å². The monoisotopic (exact) mass is 248 g/mol. The quantitative estimate of drug-likeness (QED) is 0.682. The second kappa shape index (κ2) is 3.59. The minimum absolute atomic E-state index is 0.118. The maximum absolute atomic E-state index is 11.3. The molecule has 1 aromatic carbocycles. The van der Waals surface area contributed by atoms with Gasteiger partial charge in [-0.3, -0.25) is 0 Å². The van der Waals surface area contributed by atoms with Crippen LogP contribution in [0.5, 0.6) is 0 Å². The Morgan fingerprint density at radius 2 is 2.24 bits per heavy atom. The van der Waals surface area contributed by atoms with E-state index in [1.165, 1.54) is 5.01 Å². The molecule has 0 aliphatic carbocycles. The number of carbonyl (C=O) groups excluding carboxylic acids is 1. The first kappa shape index (κ1) is 10.3. The highest BCUT2D eigenvalue weighted by Crippen LogP contribution is 2.39. The van der Waals surface area contributed by atoms with E-state index in [9.17, 15) is 4.79 Å². The Hall–Kier alpha value is -1.82. The molecule has 0 radical (unpaired) electrons. The van der Waals surface area contributed by atoms with Crippen LogP contribution < -0.4 is 11.1 Å². The Morgan fingerprint density at radius 1 is 1.47 bits per heavy atom. The van der Waals surface area contributed by atoms with E-state index in [1.807, 2.05) is 24.3 Å². The fourth-order valence-corrected chi connectivity index (χ4v) is 2.81. The molecule has 2 heterocycles. The largest absolute Gasteiger partial charge is 0.350 e. The van der Waals surface area contributed by atoms with Crippen molar-refractivity contribution in [3.8, 4) is 0 Å². The highest BCUT2D eigenvalue weighted by atomic mass is 32.1. The summed E-state index contributed by atoms with van der Waals surface area (Å²) >= 11 is 5.28. The number of fused-ring (bicyclic) bond motifs is 3. The van der Waals surface area contributed by atoms with E-state index in [-0.39, 0.29) is 6.04 Å². The molecule has 0 aromatic heterocycles. The van der Waals surface area contributed by atoms with Gasteiger partial charge in [-0.05, 0) is 24.7 Å². The number of amides is 2. The van der Waals surface area contributed by atoms with Crippen molar-refractivity contribution in [3.63, 3.8) is 0 Å². The van der Waals surface area contributed by atoms with Gasteiger partial charge in [-0.2, -0.15) is 0 Å². The lowest BCUT2D eigenvalue weighted by Crippen LogP contribution is -2.51. The van der Waals surface area contributed by atoms with Crippen LogP contribution in [0.4, 0.5) is 10.5 Å². The van der Waals surface area contributed by atoms with Gasteiger partial charge in [0.1, 0.15) is 0 Å². The number of rotatable bonds is 0. The second-order valence-corrected chi connectivity index (χ2v) is 4.51. The molecule has 2 aliphatic heterocycles. The van der Waals surface area contributed by atoms with Crippen LogP contribution in [0.1, 0.15) is 18.0 Å². The fraction of sp³-hybridized carbons (Fsp3) is 0.273. The number of urea groups is 1. The second-order valence-electron chi connectivity index (χ2n) is 4.13. The van der Waals surface area contributed by atoms with E-state index in [1.54, 1.807) is 5.01 Å². The van der Waals surface area contributed by atoms with Gasteiger partial charge in [0.2, 0.25) is 0 Å². The summed E-state index contributed by atoms with van der Waals surface area (Å²) in [4.78, 5) is 11.3. The van der Waals surface area contributed by atoms with Crippen molar-refractivity contribution >= 4 is 29.0 Å². The molecule has 1 saturated heterocycles. The van der Waals surface area contributed by atoms with Crippen molar-refractivity contribution in [3.05, 3.63) is 29.8 Å². The lowest BCUT2D eigenvalue weighted by molar-refractivity contribution is 0.110. The third kappa shape index (κ3) is 1.44. The van der Waals surface area contributed by atoms with E-state index < -0.39 is 6.03 Å². The highest BCUT2D eigenvalue weighted by molar-refractivity contribution is 7.80. The Bertz CT molecular complexity index is 504. The molecule has 2 aliphatic rings. The van der Waals surface area contributed by atoms with Gasteiger partial charge in [-0.25, -0.2) is 14.8 Å². The van der Waals surface area contributed by atoms with Gasteiger partial charge in [-0.15, -0.1) is 0 Å². The molecule has 0 saturated carbocycles. The molecule has 2 amide bonds. The van der Waals surface area contributed by atoms with E-state index in [0.717, 1.165) is 17.7 Å². The summed E-state index contributed by atoms with van der Waals surface area (Å²) in [5.74, 6) is 0. The highest BCUT2D eigenvalue weighted by Gasteiger charge is 2.40. The molecular weight excluding hydrogens is 236 g/mol. The van der Waals surface area contributed by atoms with Gasteiger partial charge in [-0.1, -0.05) is 18.2 Å². The molecule has 88 valence electrons. The molecule has 1 unspecified atom stereocenters. The SMILES string of the molecule is NC(=O)N1CCC2c3ccccc3NC(=S)N21. The summed E-state index contributed by atoms with van der Waals surface area (Å²) in [6, 6.07) is 7.65. The van der Waals surface area contributed by atoms with Crippen LogP contribution >= 0.6 is 12.2 Å². The van der Waals surface area contributed by atoms with Gasteiger partial charge in [0.15, 0.2) is 5.11 Å². The molecule has 5 nitrogen and oxygen atoms in total. The standard InChI is InChI=1S/C11H12N4OS/c12-10(16)14-6-5-9-7-3-1-2-4-8(7)13-11(17)15(9)14/h1-4,9H,5-6H2,(H2,12,16)(H,13,17). The van der Waals surface area contributed by atoms with E-state index in [2.05, 4.69) is 5.32 Å². The number of nitrogens with zero attached hydrogens (tertiary/aromatic N) is 2. The summed E-state index contributed by atoms with van der Waals surface area (Å²) in [6.45, 7) is 0.607. The number of primary amides is 1. The zero-order chi connectivity index (χ0) is 12.0. The van der Waals surface area contributed by atoms with Crippen LogP contribution in [0.25, 0.3) is 0 Å². The van der Waals surface area contributed by atoms with Crippen LogP contribution in [-0.4, -0.2) is 27.7 Å². The molecule has 1 atom stereocenters. The first-order chi connectivity index (χ1) is 8.18. The maximum Gasteiger partial charge on any atom is 0.333 e. The van der Waals surface area contributed by atoms with Crippen molar-refractivity contribution in [2.45, 2.75) is 12.5 Å². The lowest BCUT2D eigenvalue weighted by Gasteiger charge is -2.37. The Labute approximate surface area is 104 Å². The number of benzene rings is 1. The number of hydrogen-bond donors (Lipinski definition) is 2. The Balaban J connectivity index is 2.05. The van der Waals surface area contributed by atoms with Crippen LogP contribution in [0.3, 0.4) is 0 Å². The van der Waals surface area contributed by atoms with Gasteiger partial charge >= 0.3 is 6.03 Å². The number of hydrogen-bond acceptors (Lipinski definition) is 2. The summed E-state index contributed by atoms with van der Waals surface area (Å²) in [7, 11) is 0. The molecule has 0 spiro atoms. The third-order valence-corrected chi connectivity index (χ3v) is 3.48. The van der Waals surface area contributed by atoms with Crippen LogP contribution in [-0.2, 0) is 0 Å². The smallest absolute Gasteiger partial charge is 0.333 e. The average Bonchev–Trinajstić information content (AvgIpc) is 2.74. The van der Waals surface area contributed by atoms with Gasteiger partial charge in [0.25, 0.3) is 0 Å². The van der Waals surface area contributed by atoms with Crippen molar-refractivity contribution in [1.29, 1.82) is 0 Å². The summed E-state index contributed by atoms with van der Waals surface area (Å²) in [5, 5.41) is 6.93. The minimum atomic E-state index is -0.462. The molecular formula is C11H12N4OS. The topological polar surface area (TPSA) is 61.6 Å². The van der Waals surface area contributed by atoms with Crippen molar-refractivity contribution in [2.24, 2.45) is 5.73 Å². The number of nitrogens with two attached hydrogens (primary N) is 1. The normalized spacial score (nSPS) is 21.9. The van der Waals surface area contributed by atoms with Crippen molar-refractivity contribution < 1.29 is 4.79 Å². The maximum atomic E-state index is 11.3. The number of carbonyl (C=O) groups is 1. The van der Waals surface area contributed by atoms with E-state index >= 15 is 0 Å². The Morgan fingerprint density at radius 3 is 3.00 bits per heavy atom. The molecule has 1 fully saturated rings. The number of nitrogens with one attached hydrogen (secondary N) is 1. The zero-order valence-electron chi connectivity index (χ0n) is 9.09. The first-order valence-corrected chi connectivity index (χ1v) is 5.85. The molecule has 1 aromatic rings.